The van der Waals surface area contributed by atoms with Gasteiger partial charge in [0.25, 0.3) is 0 Å². The van der Waals surface area contributed by atoms with Crippen molar-refractivity contribution in [2.45, 2.75) is 6.92 Å². The minimum atomic E-state index is -0.948. The molecule has 2 aromatic carbocycles. The van der Waals surface area contributed by atoms with Crippen LogP contribution in [-0.4, -0.2) is 17.0 Å². The topological polar surface area (TPSA) is 78.4 Å². The van der Waals surface area contributed by atoms with Gasteiger partial charge in [-0.2, -0.15) is 0 Å². The third-order valence-electron chi connectivity index (χ3n) is 2.63. The van der Waals surface area contributed by atoms with Gasteiger partial charge < -0.3 is 15.7 Å². The Labute approximate surface area is 116 Å². The Morgan fingerprint density at radius 1 is 0.850 bits per heavy atom. The minimum Gasteiger partial charge on any atom is -0.478 e. The monoisotopic (exact) mass is 270 g/mol. The number of carboxylic acids is 1. The van der Waals surface area contributed by atoms with E-state index in [2.05, 4.69) is 10.6 Å². The summed E-state index contributed by atoms with van der Waals surface area (Å²) < 4.78 is 0. The summed E-state index contributed by atoms with van der Waals surface area (Å²) in [5, 5.41) is 14.6. The van der Waals surface area contributed by atoms with Gasteiger partial charge >= 0.3 is 5.97 Å². The lowest BCUT2D eigenvalue weighted by atomic mass is 10.2. The van der Waals surface area contributed by atoms with Crippen LogP contribution < -0.4 is 10.6 Å². The van der Waals surface area contributed by atoms with Crippen LogP contribution in [0.25, 0.3) is 0 Å². The zero-order valence-electron chi connectivity index (χ0n) is 10.9. The number of benzene rings is 2. The standard InChI is InChI=1S/C15H14N2O3/c1-10(18)16-12-6-8-14(9-7-12)17-13-4-2-11(3-5-13)15(19)20/h2-9,17H,1H3,(H,16,18)(H,19,20). The molecule has 2 aromatic rings. The number of nitrogens with one attached hydrogen (secondary N) is 2. The molecule has 102 valence electrons. The summed E-state index contributed by atoms with van der Waals surface area (Å²) in [5.41, 5.74) is 2.62. The molecular formula is C15H14N2O3. The maximum atomic E-state index is 10.9. The van der Waals surface area contributed by atoms with Gasteiger partial charge in [-0.15, -0.1) is 0 Å². The average Bonchev–Trinajstić information content (AvgIpc) is 2.41. The van der Waals surface area contributed by atoms with Gasteiger partial charge in [0, 0.05) is 24.0 Å². The summed E-state index contributed by atoms with van der Waals surface area (Å²) in [6.45, 7) is 1.45. The number of rotatable bonds is 4. The molecule has 2 rings (SSSR count). The smallest absolute Gasteiger partial charge is 0.335 e. The van der Waals surface area contributed by atoms with Crippen molar-refractivity contribution in [1.82, 2.24) is 0 Å². The molecule has 0 fully saturated rings. The number of hydrogen-bond acceptors (Lipinski definition) is 3. The average molecular weight is 270 g/mol. The molecule has 5 heteroatoms. The second-order valence-electron chi connectivity index (χ2n) is 4.27. The Balaban J connectivity index is 2.06. The lowest BCUT2D eigenvalue weighted by Gasteiger charge is -2.08. The molecule has 0 aliphatic carbocycles. The predicted octanol–water partition coefficient (Wildman–Crippen LogP) is 3.09. The van der Waals surface area contributed by atoms with Crippen LogP contribution in [0.5, 0.6) is 0 Å². The predicted molar refractivity (Wildman–Crippen MR) is 77.4 cm³/mol. The van der Waals surface area contributed by atoms with Gasteiger partial charge in [-0.25, -0.2) is 4.79 Å². The van der Waals surface area contributed by atoms with E-state index in [0.717, 1.165) is 17.1 Å². The highest BCUT2D eigenvalue weighted by atomic mass is 16.4. The highest BCUT2D eigenvalue weighted by Crippen LogP contribution is 2.19. The van der Waals surface area contributed by atoms with Crippen molar-refractivity contribution in [2.75, 3.05) is 10.6 Å². The fraction of sp³-hybridized carbons (Fsp3) is 0.0667. The van der Waals surface area contributed by atoms with Gasteiger partial charge in [0.2, 0.25) is 5.91 Å². The molecule has 0 saturated heterocycles. The molecule has 0 aromatic heterocycles. The molecule has 20 heavy (non-hydrogen) atoms. The van der Waals surface area contributed by atoms with Gasteiger partial charge in [-0.1, -0.05) is 0 Å². The van der Waals surface area contributed by atoms with Crippen LogP contribution >= 0.6 is 0 Å². The summed E-state index contributed by atoms with van der Waals surface area (Å²) in [4.78, 5) is 21.6. The lowest BCUT2D eigenvalue weighted by Crippen LogP contribution is -2.05. The fourth-order valence-electron chi connectivity index (χ4n) is 1.70. The van der Waals surface area contributed by atoms with Crippen LogP contribution in [0, 0.1) is 0 Å². The molecule has 3 N–H and O–H groups in total. The number of hydrogen-bond donors (Lipinski definition) is 3. The SMILES string of the molecule is CC(=O)Nc1ccc(Nc2ccc(C(=O)O)cc2)cc1. The summed E-state index contributed by atoms with van der Waals surface area (Å²) >= 11 is 0. The number of carbonyl (C=O) groups is 2. The first kappa shape index (κ1) is 13.6. The molecule has 0 aliphatic rings. The molecule has 0 bridgehead atoms. The van der Waals surface area contributed by atoms with Crippen molar-refractivity contribution in [3.8, 4) is 0 Å². The second kappa shape index (κ2) is 5.88. The van der Waals surface area contributed by atoms with Gasteiger partial charge in [0.05, 0.1) is 5.56 Å². The molecule has 0 unspecified atom stereocenters. The number of carbonyl (C=O) groups excluding carboxylic acids is 1. The van der Waals surface area contributed by atoms with Crippen molar-refractivity contribution in [3.63, 3.8) is 0 Å². The first-order valence-electron chi connectivity index (χ1n) is 6.02. The Morgan fingerprint density at radius 2 is 1.30 bits per heavy atom. The van der Waals surface area contributed by atoms with Crippen molar-refractivity contribution < 1.29 is 14.7 Å². The second-order valence-corrected chi connectivity index (χ2v) is 4.27. The third kappa shape index (κ3) is 3.58. The van der Waals surface area contributed by atoms with Gasteiger partial charge in [-0.3, -0.25) is 4.79 Å². The number of anilines is 3. The van der Waals surface area contributed by atoms with E-state index in [0.29, 0.717) is 0 Å². The summed E-state index contributed by atoms with van der Waals surface area (Å²) in [6.07, 6.45) is 0. The van der Waals surface area contributed by atoms with E-state index in [9.17, 15) is 9.59 Å². The van der Waals surface area contributed by atoms with Crippen LogP contribution in [0.4, 0.5) is 17.1 Å². The zero-order chi connectivity index (χ0) is 14.5. The van der Waals surface area contributed by atoms with Gasteiger partial charge in [0.15, 0.2) is 0 Å². The van der Waals surface area contributed by atoms with E-state index in [4.69, 9.17) is 5.11 Å². The van der Waals surface area contributed by atoms with Gasteiger partial charge in [0.1, 0.15) is 0 Å². The Bertz CT molecular complexity index is 619. The molecule has 0 aliphatic heterocycles. The molecular weight excluding hydrogens is 256 g/mol. The first-order chi connectivity index (χ1) is 9.54. The molecule has 0 radical (unpaired) electrons. The minimum absolute atomic E-state index is 0.116. The van der Waals surface area contributed by atoms with Crippen LogP contribution in [0.3, 0.4) is 0 Å². The van der Waals surface area contributed by atoms with Crippen LogP contribution in [-0.2, 0) is 4.79 Å². The van der Waals surface area contributed by atoms with Crippen LogP contribution in [0.2, 0.25) is 0 Å². The van der Waals surface area contributed by atoms with E-state index in [-0.39, 0.29) is 11.5 Å². The molecule has 0 heterocycles. The normalized spacial score (nSPS) is 9.85. The molecule has 0 saturated carbocycles. The molecule has 1 amide bonds. The van der Waals surface area contributed by atoms with Crippen molar-refractivity contribution in [1.29, 1.82) is 0 Å². The maximum absolute atomic E-state index is 10.9. The third-order valence-corrected chi connectivity index (χ3v) is 2.63. The van der Waals surface area contributed by atoms with E-state index < -0.39 is 5.97 Å². The van der Waals surface area contributed by atoms with Crippen molar-refractivity contribution in [3.05, 3.63) is 54.1 Å². The summed E-state index contributed by atoms with van der Waals surface area (Å²) in [5.74, 6) is -1.06. The molecule has 5 nitrogen and oxygen atoms in total. The largest absolute Gasteiger partial charge is 0.478 e. The lowest BCUT2D eigenvalue weighted by molar-refractivity contribution is -0.114. The summed E-state index contributed by atoms with van der Waals surface area (Å²) in [7, 11) is 0. The van der Waals surface area contributed by atoms with Crippen molar-refractivity contribution in [2.24, 2.45) is 0 Å². The van der Waals surface area contributed by atoms with E-state index in [1.54, 1.807) is 24.3 Å². The summed E-state index contributed by atoms with van der Waals surface area (Å²) in [6, 6.07) is 13.7. The van der Waals surface area contributed by atoms with Crippen molar-refractivity contribution >= 4 is 28.9 Å². The number of amides is 1. The highest BCUT2D eigenvalue weighted by molar-refractivity contribution is 5.89. The Hall–Kier alpha value is -2.82. The fourth-order valence-corrected chi connectivity index (χ4v) is 1.70. The Kier molecular flexibility index (Phi) is 4.00. The maximum Gasteiger partial charge on any atom is 0.335 e. The quantitative estimate of drug-likeness (QED) is 0.797. The first-order valence-corrected chi connectivity index (χ1v) is 6.02. The van der Waals surface area contributed by atoms with Gasteiger partial charge in [-0.05, 0) is 48.5 Å². The molecule has 0 atom stereocenters. The Morgan fingerprint density at radius 3 is 1.75 bits per heavy atom. The van der Waals surface area contributed by atoms with Crippen LogP contribution in [0.1, 0.15) is 17.3 Å². The van der Waals surface area contributed by atoms with E-state index in [1.165, 1.54) is 19.1 Å². The van der Waals surface area contributed by atoms with E-state index >= 15 is 0 Å². The highest BCUT2D eigenvalue weighted by Gasteiger charge is 2.02. The zero-order valence-corrected chi connectivity index (χ0v) is 10.9. The van der Waals surface area contributed by atoms with E-state index in [1.807, 2.05) is 12.1 Å². The molecule has 0 spiro atoms. The number of carboxylic acid groups (broad SMARTS) is 1. The number of aromatic carboxylic acids is 1. The van der Waals surface area contributed by atoms with Crippen LogP contribution in [0.15, 0.2) is 48.5 Å².